The van der Waals surface area contributed by atoms with Crippen molar-refractivity contribution >= 4 is 5.69 Å². The van der Waals surface area contributed by atoms with Gasteiger partial charge in [0.15, 0.2) is 0 Å². The first-order valence-corrected chi connectivity index (χ1v) is 6.44. The zero-order chi connectivity index (χ0) is 12.1. The van der Waals surface area contributed by atoms with Gasteiger partial charge in [-0.05, 0) is 37.7 Å². The second-order valence-electron chi connectivity index (χ2n) is 4.80. The average Bonchev–Trinajstić information content (AvgIpc) is 2.40. The Morgan fingerprint density at radius 2 is 2.18 bits per heavy atom. The van der Waals surface area contributed by atoms with Gasteiger partial charge in [0.1, 0.15) is 6.07 Å². The van der Waals surface area contributed by atoms with Gasteiger partial charge in [-0.2, -0.15) is 5.26 Å². The van der Waals surface area contributed by atoms with Crippen LogP contribution in [0.1, 0.15) is 44.6 Å². The van der Waals surface area contributed by atoms with Crippen molar-refractivity contribution in [1.82, 2.24) is 4.98 Å². The highest BCUT2D eigenvalue weighted by atomic mass is 14.9. The van der Waals surface area contributed by atoms with E-state index in [2.05, 4.69) is 23.3 Å². The molecule has 1 aliphatic carbocycles. The Hall–Kier alpha value is -1.56. The number of nitriles is 1. The minimum absolute atomic E-state index is 0.508. The fourth-order valence-electron chi connectivity index (χ4n) is 2.54. The minimum atomic E-state index is 0.508. The molecular weight excluding hydrogens is 210 g/mol. The molecule has 0 aromatic carbocycles. The van der Waals surface area contributed by atoms with Crippen molar-refractivity contribution in [2.24, 2.45) is 5.92 Å². The molecule has 3 nitrogen and oxygen atoms in total. The van der Waals surface area contributed by atoms with Crippen LogP contribution in [-0.2, 0) is 0 Å². The lowest BCUT2D eigenvalue weighted by atomic mass is 9.84. The Morgan fingerprint density at radius 3 is 2.82 bits per heavy atom. The van der Waals surface area contributed by atoms with E-state index < -0.39 is 0 Å². The Labute approximate surface area is 103 Å². The predicted octanol–water partition coefficient (Wildman–Crippen LogP) is 3.33. The minimum Gasteiger partial charge on any atom is -0.380 e. The maximum Gasteiger partial charge on any atom is 0.101 e. The summed E-state index contributed by atoms with van der Waals surface area (Å²) < 4.78 is 0. The molecule has 1 saturated carbocycles. The molecule has 0 unspecified atom stereocenters. The molecule has 2 rings (SSSR count). The number of aromatic nitrogens is 1. The molecule has 0 atom stereocenters. The molecule has 1 heterocycles. The number of hydrogen-bond donors (Lipinski definition) is 1. The van der Waals surface area contributed by atoms with Crippen molar-refractivity contribution in [2.75, 3.05) is 5.32 Å². The van der Waals surface area contributed by atoms with E-state index in [9.17, 15) is 0 Å². The van der Waals surface area contributed by atoms with Crippen LogP contribution in [0.2, 0.25) is 0 Å². The van der Waals surface area contributed by atoms with E-state index in [1.54, 1.807) is 18.5 Å². The van der Waals surface area contributed by atoms with Crippen molar-refractivity contribution in [2.45, 2.75) is 45.1 Å². The van der Waals surface area contributed by atoms with E-state index in [0.29, 0.717) is 11.6 Å². The molecule has 0 saturated heterocycles. The molecule has 1 aromatic heterocycles. The van der Waals surface area contributed by atoms with Gasteiger partial charge in [-0.15, -0.1) is 0 Å². The van der Waals surface area contributed by atoms with E-state index in [0.717, 1.165) is 11.6 Å². The van der Waals surface area contributed by atoms with Crippen LogP contribution in [0.5, 0.6) is 0 Å². The molecular formula is C14H19N3. The van der Waals surface area contributed by atoms with Crippen LogP contribution in [0.4, 0.5) is 5.69 Å². The number of hydrogen-bond acceptors (Lipinski definition) is 3. The van der Waals surface area contributed by atoms with Crippen molar-refractivity contribution in [3.63, 3.8) is 0 Å². The Kier molecular flexibility index (Phi) is 3.98. The van der Waals surface area contributed by atoms with Crippen LogP contribution in [0.25, 0.3) is 0 Å². The maximum absolute atomic E-state index is 9.01. The highest BCUT2D eigenvalue weighted by molar-refractivity contribution is 5.55. The van der Waals surface area contributed by atoms with E-state index >= 15 is 0 Å². The first kappa shape index (κ1) is 11.9. The lowest BCUT2D eigenvalue weighted by Gasteiger charge is -2.29. The van der Waals surface area contributed by atoms with Crippen molar-refractivity contribution in [3.8, 4) is 6.07 Å². The van der Waals surface area contributed by atoms with Crippen molar-refractivity contribution in [1.29, 1.82) is 5.26 Å². The van der Waals surface area contributed by atoms with Crippen LogP contribution in [0.3, 0.4) is 0 Å². The lowest BCUT2D eigenvalue weighted by Crippen LogP contribution is -2.26. The molecule has 0 bridgehead atoms. The summed E-state index contributed by atoms with van der Waals surface area (Å²) in [4.78, 5) is 4.08. The van der Waals surface area contributed by atoms with Gasteiger partial charge in [0.25, 0.3) is 0 Å². The third kappa shape index (κ3) is 2.97. The molecule has 1 fully saturated rings. The highest BCUT2D eigenvalue weighted by Gasteiger charge is 2.20. The van der Waals surface area contributed by atoms with E-state index in [-0.39, 0.29) is 0 Å². The van der Waals surface area contributed by atoms with E-state index in [1.807, 2.05) is 0 Å². The van der Waals surface area contributed by atoms with Gasteiger partial charge in [-0.3, -0.25) is 4.98 Å². The summed E-state index contributed by atoms with van der Waals surface area (Å²) in [6.07, 6.45) is 9.73. The van der Waals surface area contributed by atoms with Crippen LogP contribution < -0.4 is 5.32 Å². The smallest absolute Gasteiger partial charge is 0.101 e. The summed E-state index contributed by atoms with van der Waals surface area (Å²) in [6, 6.07) is 4.47. The van der Waals surface area contributed by atoms with Gasteiger partial charge in [0, 0.05) is 12.2 Å². The van der Waals surface area contributed by atoms with Crippen LogP contribution in [-0.4, -0.2) is 11.0 Å². The number of anilines is 1. The zero-order valence-corrected chi connectivity index (χ0v) is 10.3. The number of pyridine rings is 1. The quantitative estimate of drug-likeness (QED) is 0.864. The normalized spacial score (nSPS) is 24.0. The summed E-state index contributed by atoms with van der Waals surface area (Å²) >= 11 is 0. The van der Waals surface area contributed by atoms with Gasteiger partial charge < -0.3 is 5.32 Å². The largest absolute Gasteiger partial charge is 0.380 e. The topological polar surface area (TPSA) is 48.7 Å². The summed E-state index contributed by atoms with van der Waals surface area (Å²) in [6.45, 7) is 2.27. The molecule has 3 heteroatoms. The van der Waals surface area contributed by atoms with Gasteiger partial charge in [-0.1, -0.05) is 13.3 Å². The first-order chi connectivity index (χ1) is 8.33. The molecule has 0 aliphatic heterocycles. The molecule has 1 N–H and O–H groups in total. The van der Waals surface area contributed by atoms with Gasteiger partial charge in [0.05, 0.1) is 17.4 Å². The van der Waals surface area contributed by atoms with Gasteiger partial charge >= 0.3 is 0 Å². The molecule has 1 aromatic rings. The molecule has 1 aliphatic rings. The summed E-state index contributed by atoms with van der Waals surface area (Å²) in [5.41, 5.74) is 1.58. The van der Waals surface area contributed by atoms with E-state index in [4.69, 9.17) is 5.26 Å². The SMILES string of the molecule is CCC1CCC(Nc2cnccc2C#N)CC1. The summed E-state index contributed by atoms with van der Waals surface area (Å²) in [5, 5.41) is 12.5. The third-order valence-electron chi connectivity index (χ3n) is 3.73. The molecule has 0 radical (unpaired) electrons. The number of rotatable bonds is 3. The molecule has 90 valence electrons. The highest BCUT2D eigenvalue weighted by Crippen LogP contribution is 2.28. The molecule has 17 heavy (non-hydrogen) atoms. The molecule has 0 amide bonds. The predicted molar refractivity (Wildman–Crippen MR) is 68.6 cm³/mol. The van der Waals surface area contributed by atoms with Crippen molar-refractivity contribution in [3.05, 3.63) is 24.0 Å². The third-order valence-corrected chi connectivity index (χ3v) is 3.73. The summed E-state index contributed by atoms with van der Waals surface area (Å²) in [7, 11) is 0. The van der Waals surface area contributed by atoms with Crippen LogP contribution >= 0.6 is 0 Å². The van der Waals surface area contributed by atoms with Crippen LogP contribution in [0.15, 0.2) is 18.5 Å². The molecule has 0 spiro atoms. The number of nitrogens with one attached hydrogen (secondary N) is 1. The fraction of sp³-hybridized carbons (Fsp3) is 0.571. The Balaban J connectivity index is 1.96. The monoisotopic (exact) mass is 229 g/mol. The summed E-state index contributed by atoms with van der Waals surface area (Å²) in [5.74, 6) is 0.900. The first-order valence-electron chi connectivity index (χ1n) is 6.44. The van der Waals surface area contributed by atoms with Crippen LogP contribution in [0, 0.1) is 17.2 Å². The van der Waals surface area contributed by atoms with Crippen molar-refractivity contribution < 1.29 is 0 Å². The Morgan fingerprint density at radius 1 is 1.41 bits per heavy atom. The second kappa shape index (κ2) is 5.67. The van der Waals surface area contributed by atoms with E-state index in [1.165, 1.54) is 32.1 Å². The van der Waals surface area contributed by atoms with Gasteiger partial charge in [-0.25, -0.2) is 0 Å². The number of nitrogens with zero attached hydrogens (tertiary/aromatic N) is 2. The maximum atomic E-state index is 9.01. The lowest BCUT2D eigenvalue weighted by molar-refractivity contribution is 0.330. The zero-order valence-electron chi connectivity index (χ0n) is 10.3. The average molecular weight is 229 g/mol. The fourth-order valence-corrected chi connectivity index (χ4v) is 2.54. The standard InChI is InChI=1S/C14H19N3/c1-2-11-3-5-13(6-4-11)17-14-10-16-8-7-12(14)9-15/h7-8,10-11,13,17H,2-6H2,1H3. The second-order valence-corrected chi connectivity index (χ2v) is 4.80. The Bertz CT molecular complexity index is 400. The van der Waals surface area contributed by atoms with Gasteiger partial charge in [0.2, 0.25) is 0 Å².